The number of ether oxygens (including phenoxy) is 1. The van der Waals surface area contributed by atoms with Crippen molar-refractivity contribution in [2.24, 2.45) is 5.73 Å². The smallest absolute Gasteiger partial charge is 0.251 e. The topological polar surface area (TPSA) is 68.5 Å². The van der Waals surface area contributed by atoms with Gasteiger partial charge in [0.25, 0.3) is 5.91 Å². The zero-order valence-corrected chi connectivity index (χ0v) is 11.5. The van der Waals surface area contributed by atoms with Crippen molar-refractivity contribution in [1.82, 2.24) is 9.88 Å². The predicted molar refractivity (Wildman–Crippen MR) is 72.4 cm³/mol. The molecule has 1 aliphatic heterocycles. The van der Waals surface area contributed by atoms with E-state index in [1.54, 1.807) is 17.3 Å². The van der Waals surface area contributed by atoms with Gasteiger partial charge in [-0.15, -0.1) is 0 Å². The summed E-state index contributed by atoms with van der Waals surface area (Å²) in [4.78, 5) is 18.1. The van der Waals surface area contributed by atoms with E-state index in [2.05, 4.69) is 4.98 Å². The van der Waals surface area contributed by atoms with Crippen LogP contribution in [0.25, 0.3) is 0 Å². The van der Waals surface area contributed by atoms with Gasteiger partial charge in [0.05, 0.1) is 12.1 Å². The highest BCUT2D eigenvalue weighted by Crippen LogP contribution is 2.24. The van der Waals surface area contributed by atoms with E-state index in [0.717, 1.165) is 18.4 Å². The standard InChI is InChI=1S/C14H21N3O2/c1-10(11-5-7-16-8-6-11)17(2)14(18)13-4-3-12(9-15)19-13/h5-8,10,12-13H,3-4,9,15H2,1-2H3. The van der Waals surface area contributed by atoms with Crippen LogP contribution < -0.4 is 5.73 Å². The molecular formula is C14H21N3O2. The van der Waals surface area contributed by atoms with Gasteiger partial charge in [-0.25, -0.2) is 0 Å². The fourth-order valence-electron chi connectivity index (χ4n) is 2.34. The highest BCUT2D eigenvalue weighted by molar-refractivity contribution is 5.81. The molecule has 2 rings (SSSR count). The van der Waals surface area contributed by atoms with Gasteiger partial charge in [-0.05, 0) is 37.5 Å². The number of carbonyl (C=O) groups is 1. The number of likely N-dealkylation sites (N-methyl/N-ethyl adjacent to an activating group) is 1. The first-order valence-corrected chi connectivity index (χ1v) is 6.65. The fraction of sp³-hybridized carbons (Fsp3) is 0.571. The summed E-state index contributed by atoms with van der Waals surface area (Å²) in [5.74, 6) is 0.0280. The van der Waals surface area contributed by atoms with Crippen molar-refractivity contribution >= 4 is 5.91 Å². The largest absolute Gasteiger partial charge is 0.364 e. The Balaban J connectivity index is 1.99. The van der Waals surface area contributed by atoms with Gasteiger partial charge in [0.2, 0.25) is 0 Å². The van der Waals surface area contributed by atoms with E-state index < -0.39 is 0 Å². The Hall–Kier alpha value is -1.46. The third-order valence-electron chi connectivity index (χ3n) is 3.76. The lowest BCUT2D eigenvalue weighted by Crippen LogP contribution is -2.38. The molecule has 0 saturated carbocycles. The maximum atomic E-state index is 12.4. The summed E-state index contributed by atoms with van der Waals surface area (Å²) in [6.07, 6.45) is 4.78. The van der Waals surface area contributed by atoms with Crippen LogP contribution >= 0.6 is 0 Å². The molecule has 1 saturated heterocycles. The fourth-order valence-corrected chi connectivity index (χ4v) is 2.34. The van der Waals surface area contributed by atoms with Crippen molar-refractivity contribution in [2.75, 3.05) is 13.6 Å². The quantitative estimate of drug-likeness (QED) is 0.883. The van der Waals surface area contributed by atoms with Gasteiger partial charge in [-0.2, -0.15) is 0 Å². The zero-order valence-electron chi connectivity index (χ0n) is 11.5. The average Bonchev–Trinajstić information content (AvgIpc) is 2.94. The minimum absolute atomic E-state index is 0.0102. The molecule has 104 valence electrons. The summed E-state index contributed by atoms with van der Waals surface area (Å²) in [7, 11) is 1.81. The summed E-state index contributed by atoms with van der Waals surface area (Å²) >= 11 is 0. The molecule has 1 fully saturated rings. The average molecular weight is 263 g/mol. The highest BCUT2D eigenvalue weighted by atomic mass is 16.5. The zero-order chi connectivity index (χ0) is 13.8. The maximum Gasteiger partial charge on any atom is 0.251 e. The molecule has 1 amide bonds. The SMILES string of the molecule is CC(c1ccncc1)N(C)C(=O)C1CCC(CN)O1. The third-order valence-corrected chi connectivity index (χ3v) is 3.76. The number of carbonyl (C=O) groups excluding carboxylic acids is 1. The number of amides is 1. The Kier molecular flexibility index (Phi) is 4.50. The van der Waals surface area contributed by atoms with Crippen LogP contribution in [-0.4, -0.2) is 41.6 Å². The molecule has 1 aromatic rings. The molecule has 5 nitrogen and oxygen atoms in total. The molecule has 1 aliphatic rings. The van der Waals surface area contributed by atoms with Gasteiger partial charge < -0.3 is 15.4 Å². The summed E-state index contributed by atoms with van der Waals surface area (Å²) in [5.41, 5.74) is 6.64. The van der Waals surface area contributed by atoms with Gasteiger partial charge in [0, 0.05) is 26.0 Å². The van der Waals surface area contributed by atoms with E-state index in [9.17, 15) is 4.79 Å². The lowest BCUT2D eigenvalue weighted by atomic mass is 10.1. The number of pyridine rings is 1. The molecule has 3 unspecified atom stereocenters. The van der Waals surface area contributed by atoms with Crippen molar-refractivity contribution in [2.45, 2.75) is 38.0 Å². The molecule has 0 radical (unpaired) electrons. The molecule has 1 aromatic heterocycles. The van der Waals surface area contributed by atoms with Crippen LogP contribution in [0.5, 0.6) is 0 Å². The normalized spacial score (nSPS) is 24.2. The number of hydrogen-bond donors (Lipinski definition) is 1. The van der Waals surface area contributed by atoms with Gasteiger partial charge in [0.1, 0.15) is 6.10 Å². The summed E-state index contributed by atoms with van der Waals surface area (Å²) in [6, 6.07) is 3.86. The van der Waals surface area contributed by atoms with Gasteiger partial charge in [-0.1, -0.05) is 0 Å². The Morgan fingerprint density at radius 1 is 1.53 bits per heavy atom. The van der Waals surface area contributed by atoms with E-state index in [1.807, 2.05) is 26.1 Å². The van der Waals surface area contributed by atoms with Crippen LogP contribution in [0.15, 0.2) is 24.5 Å². The van der Waals surface area contributed by atoms with Crippen LogP contribution in [0.4, 0.5) is 0 Å². The molecule has 2 heterocycles. The first-order chi connectivity index (χ1) is 9.13. The lowest BCUT2D eigenvalue weighted by molar-refractivity contribution is -0.143. The van der Waals surface area contributed by atoms with E-state index in [-0.39, 0.29) is 24.2 Å². The van der Waals surface area contributed by atoms with Crippen LogP contribution in [0.1, 0.15) is 31.4 Å². The molecule has 5 heteroatoms. The van der Waals surface area contributed by atoms with E-state index in [4.69, 9.17) is 10.5 Å². The van der Waals surface area contributed by atoms with Crippen LogP contribution in [0.3, 0.4) is 0 Å². The van der Waals surface area contributed by atoms with Crippen molar-refractivity contribution < 1.29 is 9.53 Å². The first-order valence-electron chi connectivity index (χ1n) is 6.65. The minimum Gasteiger partial charge on any atom is -0.364 e. The summed E-state index contributed by atoms with van der Waals surface area (Å²) < 4.78 is 5.65. The molecular weight excluding hydrogens is 242 g/mol. The number of aromatic nitrogens is 1. The first kappa shape index (κ1) is 14.0. The van der Waals surface area contributed by atoms with Crippen molar-refractivity contribution in [1.29, 1.82) is 0 Å². The Labute approximate surface area is 113 Å². The molecule has 0 aromatic carbocycles. The molecule has 19 heavy (non-hydrogen) atoms. The third kappa shape index (κ3) is 3.11. The number of nitrogens with zero attached hydrogens (tertiary/aromatic N) is 2. The van der Waals surface area contributed by atoms with E-state index in [0.29, 0.717) is 6.54 Å². The lowest BCUT2D eigenvalue weighted by Gasteiger charge is -2.27. The molecule has 0 spiro atoms. The second-order valence-electron chi connectivity index (χ2n) is 4.97. The number of hydrogen-bond acceptors (Lipinski definition) is 4. The predicted octanol–water partition coefficient (Wildman–Crippen LogP) is 1.11. The second kappa shape index (κ2) is 6.12. The second-order valence-corrected chi connectivity index (χ2v) is 4.97. The molecule has 2 N–H and O–H groups in total. The number of nitrogens with two attached hydrogens (primary N) is 1. The van der Waals surface area contributed by atoms with E-state index in [1.165, 1.54) is 0 Å². The van der Waals surface area contributed by atoms with Gasteiger partial charge in [-0.3, -0.25) is 9.78 Å². The van der Waals surface area contributed by atoms with Gasteiger partial charge >= 0.3 is 0 Å². The van der Waals surface area contributed by atoms with Crippen molar-refractivity contribution in [3.8, 4) is 0 Å². The van der Waals surface area contributed by atoms with Gasteiger partial charge in [0.15, 0.2) is 0 Å². The van der Waals surface area contributed by atoms with Crippen LogP contribution in [-0.2, 0) is 9.53 Å². The van der Waals surface area contributed by atoms with Crippen molar-refractivity contribution in [3.63, 3.8) is 0 Å². The maximum absolute atomic E-state index is 12.4. The highest BCUT2D eigenvalue weighted by Gasteiger charge is 2.33. The number of rotatable bonds is 4. The van der Waals surface area contributed by atoms with Crippen molar-refractivity contribution in [3.05, 3.63) is 30.1 Å². The van der Waals surface area contributed by atoms with Crippen LogP contribution in [0.2, 0.25) is 0 Å². The minimum atomic E-state index is -0.345. The Morgan fingerprint density at radius 2 is 2.21 bits per heavy atom. The Bertz CT molecular complexity index is 424. The summed E-state index contributed by atoms with van der Waals surface area (Å²) in [5, 5.41) is 0. The Morgan fingerprint density at radius 3 is 2.79 bits per heavy atom. The van der Waals surface area contributed by atoms with E-state index >= 15 is 0 Å². The molecule has 0 bridgehead atoms. The molecule has 3 atom stereocenters. The van der Waals surface area contributed by atoms with Crippen LogP contribution in [0, 0.1) is 0 Å². The monoisotopic (exact) mass is 263 g/mol. The summed E-state index contributed by atoms with van der Waals surface area (Å²) in [6.45, 7) is 2.48. The molecule has 0 aliphatic carbocycles.